The lowest BCUT2D eigenvalue weighted by molar-refractivity contribution is 0.760. The number of nitrogens with zero attached hydrogens (tertiary/aromatic N) is 2. The van der Waals surface area contributed by atoms with Gasteiger partial charge in [0.15, 0.2) is 5.82 Å². The predicted molar refractivity (Wildman–Crippen MR) is 61.8 cm³/mol. The van der Waals surface area contributed by atoms with Crippen LogP contribution in [0.3, 0.4) is 0 Å². The predicted octanol–water partition coefficient (Wildman–Crippen LogP) is 2.55. The number of pyridine rings is 1. The minimum atomic E-state index is 0.484. The van der Waals surface area contributed by atoms with Gasteiger partial charge >= 0.3 is 0 Å². The van der Waals surface area contributed by atoms with Gasteiger partial charge in [0.25, 0.3) is 0 Å². The monoisotopic (exact) mass is 213 g/mol. The quantitative estimate of drug-likeness (QED) is 0.782. The summed E-state index contributed by atoms with van der Waals surface area (Å²) in [5.41, 5.74) is 6.47. The first kappa shape index (κ1) is 11.1. The molecule has 0 saturated heterocycles. The highest BCUT2D eigenvalue weighted by atomic mass is 35.5. The number of nitrogens with two attached hydrogens (primary N) is 1. The summed E-state index contributed by atoms with van der Waals surface area (Å²) < 4.78 is 0. The van der Waals surface area contributed by atoms with E-state index in [1.165, 1.54) is 0 Å². The van der Waals surface area contributed by atoms with E-state index in [-0.39, 0.29) is 0 Å². The molecule has 0 amide bonds. The van der Waals surface area contributed by atoms with Gasteiger partial charge in [-0.3, -0.25) is 0 Å². The largest absolute Gasteiger partial charge is 0.396 e. The zero-order valence-electron chi connectivity index (χ0n) is 8.63. The maximum absolute atomic E-state index is 5.80. The molecule has 78 valence electrons. The van der Waals surface area contributed by atoms with E-state index in [1.807, 2.05) is 11.9 Å². The summed E-state index contributed by atoms with van der Waals surface area (Å²) in [4.78, 5) is 6.22. The highest BCUT2D eigenvalue weighted by Crippen LogP contribution is 2.21. The van der Waals surface area contributed by atoms with Crippen molar-refractivity contribution in [2.24, 2.45) is 0 Å². The van der Waals surface area contributed by atoms with Gasteiger partial charge in [-0.25, -0.2) is 4.98 Å². The van der Waals surface area contributed by atoms with Crippen LogP contribution < -0.4 is 10.6 Å². The third-order valence-corrected chi connectivity index (χ3v) is 2.29. The van der Waals surface area contributed by atoms with Gasteiger partial charge in [0.1, 0.15) is 5.15 Å². The van der Waals surface area contributed by atoms with Crippen LogP contribution in [0.2, 0.25) is 5.15 Å². The Balaban J connectivity index is 2.77. The van der Waals surface area contributed by atoms with Gasteiger partial charge in [0.2, 0.25) is 0 Å². The van der Waals surface area contributed by atoms with Crippen molar-refractivity contribution in [3.63, 3.8) is 0 Å². The summed E-state index contributed by atoms with van der Waals surface area (Å²) in [5, 5.41) is 0.484. The van der Waals surface area contributed by atoms with Gasteiger partial charge in [-0.1, -0.05) is 24.9 Å². The summed E-state index contributed by atoms with van der Waals surface area (Å²) in [6.07, 6.45) is 2.29. The molecule has 1 aromatic rings. The number of unbranched alkanes of at least 4 members (excludes halogenated alkanes) is 1. The molecule has 0 unspecified atom stereocenters. The first-order valence-electron chi connectivity index (χ1n) is 4.78. The van der Waals surface area contributed by atoms with Gasteiger partial charge in [-0.05, 0) is 18.6 Å². The van der Waals surface area contributed by atoms with Gasteiger partial charge in [-0.2, -0.15) is 0 Å². The molecule has 0 aliphatic heterocycles. The molecule has 3 nitrogen and oxygen atoms in total. The van der Waals surface area contributed by atoms with Crippen LogP contribution in [0.5, 0.6) is 0 Å². The summed E-state index contributed by atoms with van der Waals surface area (Å²) in [5.74, 6) is 0.769. The van der Waals surface area contributed by atoms with Crippen molar-refractivity contribution in [2.75, 3.05) is 24.2 Å². The topological polar surface area (TPSA) is 42.2 Å². The van der Waals surface area contributed by atoms with E-state index >= 15 is 0 Å². The number of hydrogen-bond acceptors (Lipinski definition) is 3. The standard InChI is InChI=1S/C10H16ClN3/c1-3-4-7-14(2)10-8(12)5-6-9(11)13-10/h5-6H,3-4,7,12H2,1-2H3. The lowest BCUT2D eigenvalue weighted by atomic mass is 10.3. The Hall–Kier alpha value is -0.960. The lowest BCUT2D eigenvalue weighted by Gasteiger charge is -2.19. The normalized spacial score (nSPS) is 10.2. The number of nitrogen functional groups attached to an aromatic ring is 1. The molecule has 0 bridgehead atoms. The molecule has 1 aromatic heterocycles. The number of anilines is 2. The van der Waals surface area contributed by atoms with Gasteiger partial charge in [0.05, 0.1) is 5.69 Å². The van der Waals surface area contributed by atoms with E-state index in [9.17, 15) is 0 Å². The van der Waals surface area contributed by atoms with Crippen molar-refractivity contribution < 1.29 is 0 Å². The summed E-state index contributed by atoms with van der Waals surface area (Å²) in [6, 6.07) is 3.49. The fourth-order valence-corrected chi connectivity index (χ4v) is 1.39. The maximum Gasteiger partial charge on any atom is 0.153 e. The van der Waals surface area contributed by atoms with E-state index in [1.54, 1.807) is 12.1 Å². The summed E-state index contributed by atoms with van der Waals surface area (Å²) in [7, 11) is 1.98. The van der Waals surface area contributed by atoms with E-state index < -0.39 is 0 Å². The molecule has 1 rings (SSSR count). The second-order valence-electron chi connectivity index (χ2n) is 3.32. The van der Waals surface area contributed by atoms with Crippen LogP contribution in [0.15, 0.2) is 12.1 Å². The molecule has 1 heterocycles. The highest BCUT2D eigenvalue weighted by molar-refractivity contribution is 6.29. The summed E-state index contributed by atoms with van der Waals surface area (Å²) in [6.45, 7) is 3.11. The Morgan fingerprint density at radius 3 is 2.86 bits per heavy atom. The second-order valence-corrected chi connectivity index (χ2v) is 3.71. The molecule has 2 N–H and O–H groups in total. The number of hydrogen-bond donors (Lipinski definition) is 1. The molecule has 0 aliphatic rings. The maximum atomic E-state index is 5.80. The smallest absolute Gasteiger partial charge is 0.153 e. The first-order valence-corrected chi connectivity index (χ1v) is 5.16. The Labute approximate surface area is 89.9 Å². The van der Waals surface area contributed by atoms with Crippen LogP contribution in [-0.2, 0) is 0 Å². The van der Waals surface area contributed by atoms with Crippen LogP contribution >= 0.6 is 11.6 Å². The summed E-state index contributed by atoms with van der Waals surface area (Å²) >= 11 is 5.80. The van der Waals surface area contributed by atoms with E-state index in [0.29, 0.717) is 10.8 Å². The fraction of sp³-hybridized carbons (Fsp3) is 0.500. The zero-order chi connectivity index (χ0) is 10.6. The van der Waals surface area contributed by atoms with Crippen LogP contribution in [-0.4, -0.2) is 18.6 Å². The van der Waals surface area contributed by atoms with Crippen molar-refractivity contribution in [2.45, 2.75) is 19.8 Å². The van der Waals surface area contributed by atoms with Gasteiger partial charge in [-0.15, -0.1) is 0 Å². The molecule has 0 saturated carbocycles. The zero-order valence-corrected chi connectivity index (χ0v) is 9.38. The molecule has 0 atom stereocenters. The molecule has 0 aliphatic carbocycles. The third kappa shape index (κ3) is 2.77. The lowest BCUT2D eigenvalue weighted by Crippen LogP contribution is -2.20. The Morgan fingerprint density at radius 2 is 2.21 bits per heavy atom. The molecule has 0 aromatic carbocycles. The van der Waals surface area contributed by atoms with E-state index in [2.05, 4.69) is 11.9 Å². The molecular weight excluding hydrogens is 198 g/mol. The van der Waals surface area contributed by atoms with Gasteiger partial charge < -0.3 is 10.6 Å². The Kier molecular flexibility index (Phi) is 4.01. The van der Waals surface area contributed by atoms with Crippen molar-refractivity contribution in [3.8, 4) is 0 Å². The highest BCUT2D eigenvalue weighted by Gasteiger charge is 2.06. The molecule has 4 heteroatoms. The number of rotatable bonds is 4. The van der Waals surface area contributed by atoms with Gasteiger partial charge in [0, 0.05) is 13.6 Å². The van der Waals surface area contributed by atoms with Crippen LogP contribution in [0.25, 0.3) is 0 Å². The van der Waals surface area contributed by atoms with Crippen molar-refractivity contribution in [3.05, 3.63) is 17.3 Å². The molecular formula is C10H16ClN3. The van der Waals surface area contributed by atoms with Crippen molar-refractivity contribution in [1.82, 2.24) is 4.98 Å². The van der Waals surface area contributed by atoms with Crippen molar-refractivity contribution >= 4 is 23.1 Å². The minimum Gasteiger partial charge on any atom is -0.396 e. The molecule has 14 heavy (non-hydrogen) atoms. The first-order chi connectivity index (χ1) is 6.65. The van der Waals surface area contributed by atoms with E-state index in [0.717, 1.165) is 25.2 Å². The van der Waals surface area contributed by atoms with Crippen LogP contribution in [0.4, 0.5) is 11.5 Å². The SMILES string of the molecule is CCCCN(C)c1nc(Cl)ccc1N. The molecule has 0 radical (unpaired) electrons. The Morgan fingerprint density at radius 1 is 1.50 bits per heavy atom. The minimum absolute atomic E-state index is 0.484. The molecule has 0 fully saturated rings. The Bertz CT molecular complexity index is 301. The number of halogens is 1. The fourth-order valence-electron chi connectivity index (χ4n) is 1.24. The van der Waals surface area contributed by atoms with Crippen LogP contribution in [0, 0.1) is 0 Å². The van der Waals surface area contributed by atoms with E-state index in [4.69, 9.17) is 17.3 Å². The molecule has 0 spiro atoms. The third-order valence-electron chi connectivity index (χ3n) is 2.08. The van der Waals surface area contributed by atoms with Crippen molar-refractivity contribution in [1.29, 1.82) is 0 Å². The average Bonchev–Trinajstić information content (AvgIpc) is 2.18. The number of aromatic nitrogens is 1. The second kappa shape index (κ2) is 5.05. The average molecular weight is 214 g/mol. The van der Waals surface area contributed by atoms with Crippen LogP contribution in [0.1, 0.15) is 19.8 Å².